The lowest BCUT2D eigenvalue weighted by Crippen LogP contribution is -2.44. The van der Waals surface area contributed by atoms with E-state index in [-0.39, 0.29) is 24.4 Å². The Morgan fingerprint density at radius 2 is 1.92 bits per heavy atom. The van der Waals surface area contributed by atoms with E-state index in [4.69, 9.17) is 4.98 Å². The molecular formula is C19H29N5O2. The van der Waals surface area contributed by atoms with Gasteiger partial charge in [0, 0.05) is 51.0 Å². The molecule has 0 radical (unpaired) electrons. The van der Waals surface area contributed by atoms with Gasteiger partial charge in [0.25, 0.3) is 0 Å². The van der Waals surface area contributed by atoms with Gasteiger partial charge < -0.3 is 20.0 Å². The molecule has 0 aromatic carbocycles. The van der Waals surface area contributed by atoms with E-state index in [1.165, 1.54) is 12.6 Å². The number of pyridine rings is 1. The van der Waals surface area contributed by atoms with E-state index in [9.17, 15) is 9.59 Å². The molecule has 1 N–H and O–H groups in total. The molecule has 2 fully saturated rings. The van der Waals surface area contributed by atoms with Crippen LogP contribution in [0.1, 0.15) is 37.2 Å². The van der Waals surface area contributed by atoms with Crippen LogP contribution in [0.4, 0.5) is 5.69 Å². The molecule has 1 aromatic rings. The minimum atomic E-state index is -0.180. The van der Waals surface area contributed by atoms with E-state index in [1.807, 2.05) is 11.8 Å². The van der Waals surface area contributed by atoms with Crippen molar-refractivity contribution in [2.24, 2.45) is 0 Å². The van der Waals surface area contributed by atoms with Crippen molar-refractivity contribution >= 4 is 17.5 Å². The normalized spacial score (nSPS) is 21.1. The summed E-state index contributed by atoms with van der Waals surface area (Å²) < 4.78 is 0. The maximum absolute atomic E-state index is 12.5. The first kappa shape index (κ1) is 18.6. The second kappa shape index (κ2) is 8.03. The Balaban J connectivity index is 1.77. The van der Waals surface area contributed by atoms with Crippen LogP contribution in [0.25, 0.3) is 0 Å². The van der Waals surface area contributed by atoms with Gasteiger partial charge in [-0.05, 0) is 38.9 Å². The molecule has 1 aromatic heterocycles. The van der Waals surface area contributed by atoms with Gasteiger partial charge in [-0.3, -0.25) is 14.6 Å². The minimum Gasteiger partial charge on any atom is -0.369 e. The van der Waals surface area contributed by atoms with Crippen molar-refractivity contribution in [3.63, 3.8) is 0 Å². The van der Waals surface area contributed by atoms with E-state index < -0.39 is 0 Å². The molecular weight excluding hydrogens is 330 g/mol. The highest BCUT2D eigenvalue weighted by atomic mass is 16.2. The highest BCUT2D eigenvalue weighted by molar-refractivity contribution is 5.84. The summed E-state index contributed by atoms with van der Waals surface area (Å²) in [4.78, 5) is 34.9. The highest BCUT2D eigenvalue weighted by Gasteiger charge is 2.31. The van der Waals surface area contributed by atoms with Crippen LogP contribution in [0.2, 0.25) is 0 Å². The largest absolute Gasteiger partial charge is 0.369 e. The lowest BCUT2D eigenvalue weighted by Gasteiger charge is -2.34. The fraction of sp³-hybridized carbons (Fsp3) is 0.632. The molecule has 2 aliphatic rings. The second-order valence-electron chi connectivity index (χ2n) is 7.34. The standard InChI is InChI=1S/C19H29N5O2/c1-14-11-16(23-9-7-22(3)8-10-23)12-17(21-14)18-5-4-6-24(18)19(26)13-20-15(2)25/h11-12,18H,4-10,13H2,1-3H3,(H,20,25)/t18-/m1/s1. The number of carbonyl (C=O) groups is 2. The van der Waals surface area contributed by atoms with E-state index in [0.29, 0.717) is 0 Å². The quantitative estimate of drug-likeness (QED) is 0.867. The molecule has 2 aliphatic heterocycles. The summed E-state index contributed by atoms with van der Waals surface area (Å²) >= 11 is 0. The van der Waals surface area contributed by atoms with Gasteiger partial charge in [-0.1, -0.05) is 0 Å². The Hall–Kier alpha value is -2.15. The van der Waals surface area contributed by atoms with E-state index in [2.05, 4.69) is 34.3 Å². The number of carbonyl (C=O) groups excluding carboxylic acids is 2. The van der Waals surface area contributed by atoms with Gasteiger partial charge in [-0.2, -0.15) is 0 Å². The summed E-state index contributed by atoms with van der Waals surface area (Å²) in [7, 11) is 2.15. The van der Waals surface area contributed by atoms with Crippen LogP contribution in [0, 0.1) is 6.92 Å². The van der Waals surface area contributed by atoms with Crippen molar-refractivity contribution in [2.45, 2.75) is 32.7 Å². The molecule has 1 atom stereocenters. The average Bonchev–Trinajstić information content (AvgIpc) is 3.09. The Morgan fingerprint density at radius 1 is 1.19 bits per heavy atom. The number of hydrogen-bond donors (Lipinski definition) is 1. The van der Waals surface area contributed by atoms with E-state index >= 15 is 0 Å². The molecule has 0 saturated carbocycles. The number of aromatic nitrogens is 1. The number of hydrogen-bond acceptors (Lipinski definition) is 5. The lowest BCUT2D eigenvalue weighted by molar-refractivity contribution is -0.133. The number of likely N-dealkylation sites (tertiary alicyclic amines) is 1. The smallest absolute Gasteiger partial charge is 0.242 e. The number of likely N-dealkylation sites (N-methyl/N-ethyl adjacent to an activating group) is 1. The number of rotatable bonds is 4. The molecule has 0 bridgehead atoms. The zero-order valence-electron chi connectivity index (χ0n) is 16.0. The van der Waals surface area contributed by atoms with Gasteiger partial charge in [0.1, 0.15) is 0 Å². The zero-order chi connectivity index (χ0) is 18.7. The van der Waals surface area contributed by atoms with Gasteiger partial charge in [-0.15, -0.1) is 0 Å². The number of nitrogens with one attached hydrogen (secondary N) is 1. The van der Waals surface area contributed by atoms with Gasteiger partial charge in [-0.25, -0.2) is 0 Å². The molecule has 0 aliphatic carbocycles. The number of amides is 2. The number of nitrogens with zero attached hydrogens (tertiary/aromatic N) is 4. The molecule has 7 nitrogen and oxygen atoms in total. The van der Waals surface area contributed by atoms with Crippen LogP contribution in [-0.2, 0) is 9.59 Å². The average molecular weight is 359 g/mol. The predicted molar refractivity (Wildman–Crippen MR) is 101 cm³/mol. The minimum absolute atomic E-state index is 0.00220. The molecule has 2 amide bonds. The van der Waals surface area contributed by atoms with Crippen LogP contribution in [0.3, 0.4) is 0 Å². The summed E-state index contributed by atoms with van der Waals surface area (Å²) in [6, 6.07) is 4.28. The number of aryl methyl sites for hydroxylation is 1. The molecule has 7 heteroatoms. The van der Waals surface area contributed by atoms with Crippen LogP contribution >= 0.6 is 0 Å². The Kier molecular flexibility index (Phi) is 5.76. The first-order valence-electron chi connectivity index (χ1n) is 9.40. The van der Waals surface area contributed by atoms with Gasteiger partial charge in [0.15, 0.2) is 0 Å². The SMILES string of the molecule is CC(=O)NCC(=O)N1CCC[C@@H]1c1cc(N2CCN(C)CC2)cc(C)n1. The fourth-order valence-electron chi connectivity index (χ4n) is 3.77. The summed E-state index contributed by atoms with van der Waals surface area (Å²) in [5.41, 5.74) is 3.15. The molecule has 2 saturated heterocycles. The first-order valence-corrected chi connectivity index (χ1v) is 9.40. The molecule has 3 heterocycles. The van der Waals surface area contributed by atoms with Crippen molar-refractivity contribution in [1.82, 2.24) is 20.1 Å². The maximum Gasteiger partial charge on any atom is 0.242 e. The summed E-state index contributed by atoms with van der Waals surface area (Å²) in [5.74, 6) is -0.215. The van der Waals surface area contributed by atoms with Crippen molar-refractivity contribution in [1.29, 1.82) is 0 Å². The van der Waals surface area contributed by atoms with Crippen molar-refractivity contribution in [3.05, 3.63) is 23.5 Å². The third kappa shape index (κ3) is 4.33. The predicted octanol–water partition coefficient (Wildman–Crippen LogP) is 0.941. The van der Waals surface area contributed by atoms with Crippen LogP contribution in [-0.4, -0.2) is 72.9 Å². The van der Waals surface area contributed by atoms with Crippen molar-refractivity contribution < 1.29 is 9.59 Å². The third-order valence-electron chi connectivity index (χ3n) is 5.23. The monoisotopic (exact) mass is 359 g/mol. The van der Waals surface area contributed by atoms with Gasteiger partial charge >= 0.3 is 0 Å². The molecule has 0 unspecified atom stereocenters. The first-order chi connectivity index (χ1) is 12.4. The number of piperazine rings is 1. The Bertz CT molecular complexity index is 670. The molecule has 26 heavy (non-hydrogen) atoms. The van der Waals surface area contributed by atoms with Crippen molar-refractivity contribution in [2.75, 3.05) is 51.2 Å². The highest BCUT2D eigenvalue weighted by Crippen LogP contribution is 2.33. The molecule has 142 valence electrons. The van der Waals surface area contributed by atoms with Crippen LogP contribution in [0.15, 0.2) is 12.1 Å². The van der Waals surface area contributed by atoms with Gasteiger partial charge in [0.2, 0.25) is 11.8 Å². The van der Waals surface area contributed by atoms with E-state index in [0.717, 1.165) is 57.0 Å². The van der Waals surface area contributed by atoms with Gasteiger partial charge in [0.05, 0.1) is 18.3 Å². The topological polar surface area (TPSA) is 68.8 Å². The number of anilines is 1. The summed E-state index contributed by atoms with van der Waals surface area (Å²) in [5, 5.41) is 2.61. The zero-order valence-corrected chi connectivity index (χ0v) is 16.0. The fourth-order valence-corrected chi connectivity index (χ4v) is 3.77. The van der Waals surface area contributed by atoms with Crippen LogP contribution < -0.4 is 10.2 Å². The third-order valence-corrected chi connectivity index (χ3v) is 5.23. The Labute approximate surface area is 155 Å². The maximum atomic E-state index is 12.5. The summed E-state index contributed by atoms with van der Waals surface area (Å²) in [6.45, 7) is 8.36. The second-order valence-corrected chi connectivity index (χ2v) is 7.34. The molecule has 3 rings (SSSR count). The lowest BCUT2D eigenvalue weighted by atomic mass is 10.1. The van der Waals surface area contributed by atoms with Crippen molar-refractivity contribution in [3.8, 4) is 0 Å². The van der Waals surface area contributed by atoms with E-state index in [1.54, 1.807) is 0 Å². The Morgan fingerprint density at radius 3 is 2.62 bits per heavy atom. The summed E-state index contributed by atoms with van der Waals surface area (Å²) in [6.07, 6.45) is 1.89. The van der Waals surface area contributed by atoms with Crippen LogP contribution in [0.5, 0.6) is 0 Å². The molecule has 0 spiro atoms.